The lowest BCUT2D eigenvalue weighted by atomic mass is 10.2. The van der Waals surface area contributed by atoms with Crippen LogP contribution in [-0.2, 0) is 0 Å². The van der Waals surface area contributed by atoms with Crippen LogP contribution in [0.25, 0.3) is 11.5 Å². The average molecular weight is 242 g/mol. The van der Waals surface area contributed by atoms with Crippen molar-refractivity contribution in [2.75, 3.05) is 0 Å². The van der Waals surface area contributed by atoms with E-state index in [-0.39, 0.29) is 5.82 Å². The van der Waals surface area contributed by atoms with Gasteiger partial charge in [0, 0.05) is 5.56 Å². The Morgan fingerprint density at radius 3 is 2.85 bits per heavy atom. The first-order chi connectivity index (χ1) is 6.27. The Labute approximate surface area is 82.5 Å². The zero-order valence-corrected chi connectivity index (χ0v) is 8.08. The average Bonchev–Trinajstić information content (AvgIpc) is 2.62. The summed E-state index contributed by atoms with van der Waals surface area (Å²) in [6.45, 7) is 0. The molecule has 0 aliphatic carbocycles. The molecule has 0 N–H and O–H groups in total. The van der Waals surface area contributed by atoms with E-state index >= 15 is 0 Å². The summed E-state index contributed by atoms with van der Waals surface area (Å²) < 4.78 is 18.3. The van der Waals surface area contributed by atoms with Crippen molar-refractivity contribution in [3.8, 4) is 11.5 Å². The highest BCUT2D eigenvalue weighted by Crippen LogP contribution is 2.23. The van der Waals surface area contributed by atoms with Gasteiger partial charge in [0.05, 0.1) is 10.7 Å². The fourth-order valence-corrected chi connectivity index (χ4v) is 1.37. The highest BCUT2D eigenvalue weighted by atomic mass is 79.9. The van der Waals surface area contributed by atoms with Gasteiger partial charge in [-0.3, -0.25) is 0 Å². The van der Waals surface area contributed by atoms with Gasteiger partial charge in [-0.15, -0.1) is 0 Å². The molecule has 1 aromatic carbocycles. The van der Waals surface area contributed by atoms with Gasteiger partial charge in [0.25, 0.3) is 0 Å². The van der Waals surface area contributed by atoms with Crippen LogP contribution in [-0.4, -0.2) is 4.98 Å². The summed E-state index contributed by atoms with van der Waals surface area (Å²) in [7, 11) is 0. The zero-order chi connectivity index (χ0) is 9.26. The largest absolute Gasteiger partial charge is 0.445 e. The third-order valence-electron chi connectivity index (χ3n) is 1.60. The number of halogens is 2. The second-order valence-electron chi connectivity index (χ2n) is 2.47. The van der Waals surface area contributed by atoms with Gasteiger partial charge >= 0.3 is 0 Å². The minimum absolute atomic E-state index is 0.296. The van der Waals surface area contributed by atoms with Gasteiger partial charge in [-0.25, -0.2) is 9.37 Å². The quantitative estimate of drug-likeness (QED) is 0.767. The molecular weight excluding hydrogens is 237 g/mol. The maximum absolute atomic E-state index is 12.8. The third-order valence-corrected chi connectivity index (χ3v) is 2.21. The number of oxazole rings is 1. The maximum atomic E-state index is 12.8. The molecule has 0 saturated carbocycles. The predicted octanol–water partition coefficient (Wildman–Crippen LogP) is 3.24. The zero-order valence-electron chi connectivity index (χ0n) is 6.50. The van der Waals surface area contributed by atoms with Crippen molar-refractivity contribution in [1.29, 1.82) is 0 Å². The van der Waals surface area contributed by atoms with E-state index in [1.165, 1.54) is 12.3 Å². The fourth-order valence-electron chi connectivity index (χ4n) is 0.995. The molecule has 0 aliphatic heterocycles. The van der Waals surface area contributed by atoms with Crippen molar-refractivity contribution in [2.45, 2.75) is 0 Å². The van der Waals surface area contributed by atoms with Crippen LogP contribution in [0.1, 0.15) is 0 Å². The van der Waals surface area contributed by atoms with E-state index < -0.39 is 0 Å². The summed E-state index contributed by atoms with van der Waals surface area (Å²) >= 11 is 3.09. The second-order valence-corrected chi connectivity index (χ2v) is 3.32. The van der Waals surface area contributed by atoms with Gasteiger partial charge in [-0.2, -0.15) is 0 Å². The van der Waals surface area contributed by atoms with Gasteiger partial charge in [-0.05, 0) is 34.1 Å². The molecule has 13 heavy (non-hydrogen) atoms. The smallest absolute Gasteiger partial charge is 0.225 e. The van der Waals surface area contributed by atoms with Crippen LogP contribution in [0.15, 0.2) is 39.5 Å². The highest BCUT2D eigenvalue weighted by Gasteiger charge is 2.05. The summed E-state index contributed by atoms with van der Waals surface area (Å²) in [6.07, 6.45) is 3.03. The van der Waals surface area contributed by atoms with Crippen LogP contribution in [0.2, 0.25) is 0 Å². The lowest BCUT2D eigenvalue weighted by Crippen LogP contribution is -1.80. The number of benzene rings is 1. The summed E-state index contributed by atoms with van der Waals surface area (Å²) in [5, 5.41) is 0. The van der Waals surface area contributed by atoms with E-state index in [1.54, 1.807) is 18.3 Å². The maximum Gasteiger partial charge on any atom is 0.225 e. The van der Waals surface area contributed by atoms with Gasteiger partial charge in [0.2, 0.25) is 5.89 Å². The SMILES string of the molecule is Fc1ccc(-c2ncco2)cc1Br. The molecule has 2 nitrogen and oxygen atoms in total. The lowest BCUT2D eigenvalue weighted by Gasteiger charge is -1.97. The van der Waals surface area contributed by atoms with Gasteiger partial charge < -0.3 is 4.42 Å². The number of aromatic nitrogens is 1. The molecule has 0 spiro atoms. The molecule has 0 atom stereocenters. The number of nitrogens with zero attached hydrogens (tertiary/aromatic N) is 1. The summed E-state index contributed by atoms with van der Waals surface area (Å²) in [6, 6.07) is 4.61. The van der Waals surface area contributed by atoms with E-state index in [0.29, 0.717) is 10.4 Å². The van der Waals surface area contributed by atoms with Crippen molar-refractivity contribution in [2.24, 2.45) is 0 Å². The Morgan fingerprint density at radius 2 is 2.23 bits per heavy atom. The summed E-state index contributed by atoms with van der Waals surface area (Å²) in [4.78, 5) is 3.95. The van der Waals surface area contributed by atoms with Crippen molar-refractivity contribution < 1.29 is 8.81 Å². The van der Waals surface area contributed by atoms with Crippen molar-refractivity contribution in [3.05, 3.63) is 40.9 Å². The molecule has 2 aromatic rings. The molecule has 1 aromatic heterocycles. The Bertz CT molecular complexity index is 414. The molecule has 0 saturated heterocycles. The summed E-state index contributed by atoms with van der Waals surface area (Å²) in [5.74, 6) is 0.191. The molecule has 0 amide bonds. The van der Waals surface area contributed by atoms with Gasteiger partial charge in [0.1, 0.15) is 12.1 Å². The monoisotopic (exact) mass is 241 g/mol. The first-order valence-corrected chi connectivity index (χ1v) is 4.41. The molecule has 4 heteroatoms. The minimum atomic E-state index is -0.296. The van der Waals surface area contributed by atoms with E-state index in [2.05, 4.69) is 20.9 Å². The first kappa shape index (κ1) is 8.44. The Hall–Kier alpha value is -1.16. The molecule has 0 radical (unpaired) electrons. The minimum Gasteiger partial charge on any atom is -0.445 e. The van der Waals surface area contributed by atoms with Gasteiger partial charge in [0.15, 0.2) is 0 Å². The first-order valence-electron chi connectivity index (χ1n) is 3.62. The van der Waals surface area contributed by atoms with Crippen LogP contribution >= 0.6 is 15.9 Å². The molecule has 66 valence electrons. The standard InChI is InChI=1S/C9H5BrFNO/c10-7-5-6(1-2-8(7)11)9-12-3-4-13-9/h1-5H. The number of hydrogen-bond acceptors (Lipinski definition) is 2. The summed E-state index contributed by atoms with van der Waals surface area (Å²) in [5.41, 5.74) is 0.748. The third kappa shape index (κ3) is 1.62. The second kappa shape index (κ2) is 3.30. The molecule has 1 heterocycles. The molecule has 0 bridgehead atoms. The Balaban J connectivity index is 2.49. The van der Waals surface area contributed by atoms with Gasteiger partial charge in [-0.1, -0.05) is 0 Å². The van der Waals surface area contributed by atoms with E-state index in [4.69, 9.17) is 4.42 Å². The van der Waals surface area contributed by atoms with E-state index in [9.17, 15) is 4.39 Å². The van der Waals surface area contributed by atoms with Crippen LogP contribution in [0.3, 0.4) is 0 Å². The van der Waals surface area contributed by atoms with Crippen LogP contribution in [0.5, 0.6) is 0 Å². The molecular formula is C9H5BrFNO. The normalized spacial score (nSPS) is 10.3. The van der Waals surface area contributed by atoms with E-state index in [0.717, 1.165) is 5.56 Å². The van der Waals surface area contributed by atoms with Crippen molar-refractivity contribution >= 4 is 15.9 Å². The van der Waals surface area contributed by atoms with Crippen LogP contribution in [0, 0.1) is 5.82 Å². The van der Waals surface area contributed by atoms with Crippen LogP contribution < -0.4 is 0 Å². The molecule has 0 unspecified atom stereocenters. The lowest BCUT2D eigenvalue weighted by molar-refractivity contribution is 0.573. The van der Waals surface area contributed by atoms with Crippen LogP contribution in [0.4, 0.5) is 4.39 Å². The molecule has 2 rings (SSSR count). The highest BCUT2D eigenvalue weighted by molar-refractivity contribution is 9.10. The number of hydrogen-bond donors (Lipinski definition) is 0. The number of rotatable bonds is 1. The molecule has 0 fully saturated rings. The van der Waals surface area contributed by atoms with Crippen molar-refractivity contribution in [3.63, 3.8) is 0 Å². The van der Waals surface area contributed by atoms with Crippen molar-refractivity contribution in [1.82, 2.24) is 4.98 Å². The Morgan fingerprint density at radius 1 is 1.38 bits per heavy atom. The predicted molar refractivity (Wildman–Crippen MR) is 49.6 cm³/mol. The Kier molecular flexibility index (Phi) is 2.14. The van der Waals surface area contributed by atoms with E-state index in [1.807, 2.05) is 0 Å². The topological polar surface area (TPSA) is 26.0 Å². The fraction of sp³-hybridized carbons (Fsp3) is 0. The molecule has 0 aliphatic rings.